The van der Waals surface area contributed by atoms with Crippen molar-refractivity contribution < 1.29 is 9.53 Å². The number of methoxy groups -OCH3 is 1. The van der Waals surface area contributed by atoms with Crippen LogP contribution in [0.1, 0.15) is 13.8 Å². The molecule has 2 atom stereocenters. The average molecular weight is 267 g/mol. The summed E-state index contributed by atoms with van der Waals surface area (Å²) in [6.45, 7) is 4.77. The Hall–Kier alpha value is -1.00. The highest BCUT2D eigenvalue weighted by Gasteiger charge is 2.19. The minimum atomic E-state index is -0.161. The molecule has 1 aromatic carbocycles. The van der Waals surface area contributed by atoms with E-state index in [2.05, 4.69) is 17.4 Å². The number of hydrogen-bond acceptors (Lipinski definition) is 4. The summed E-state index contributed by atoms with van der Waals surface area (Å²) in [6, 6.07) is 10.4. The van der Waals surface area contributed by atoms with Crippen molar-refractivity contribution in [2.75, 3.05) is 19.4 Å². The summed E-state index contributed by atoms with van der Waals surface area (Å²) in [5.74, 6) is 0.713. The number of rotatable bonds is 7. The van der Waals surface area contributed by atoms with E-state index in [-0.39, 0.29) is 17.9 Å². The quantitative estimate of drug-likeness (QED) is 0.468. The molecule has 4 heteroatoms. The molecule has 1 rings (SSSR count). The van der Waals surface area contributed by atoms with Gasteiger partial charge in [-0.3, -0.25) is 4.79 Å². The zero-order chi connectivity index (χ0) is 13.4. The molecule has 2 unspecified atom stereocenters. The van der Waals surface area contributed by atoms with Gasteiger partial charge in [0.25, 0.3) is 0 Å². The van der Waals surface area contributed by atoms with Crippen LogP contribution in [0.25, 0.3) is 0 Å². The van der Waals surface area contributed by atoms with Crippen LogP contribution in [-0.2, 0) is 9.53 Å². The van der Waals surface area contributed by atoms with Crippen molar-refractivity contribution in [1.29, 1.82) is 0 Å². The fraction of sp³-hybridized carbons (Fsp3) is 0.500. The number of benzene rings is 1. The summed E-state index contributed by atoms with van der Waals surface area (Å²) in [5, 5.41) is 3.35. The third-order valence-corrected chi connectivity index (χ3v) is 3.92. The molecule has 0 heterocycles. The molecule has 0 saturated heterocycles. The van der Waals surface area contributed by atoms with Gasteiger partial charge >= 0.3 is 5.97 Å². The molecule has 0 spiro atoms. The third-order valence-electron chi connectivity index (χ3n) is 2.90. The van der Waals surface area contributed by atoms with Gasteiger partial charge in [-0.15, -0.1) is 11.8 Å². The second kappa shape index (κ2) is 8.16. The lowest BCUT2D eigenvalue weighted by atomic mass is 10.0. The lowest BCUT2D eigenvalue weighted by molar-refractivity contribution is -0.145. The molecule has 0 bridgehead atoms. The van der Waals surface area contributed by atoms with Gasteiger partial charge in [0.15, 0.2) is 0 Å². The summed E-state index contributed by atoms with van der Waals surface area (Å²) >= 11 is 1.81. The van der Waals surface area contributed by atoms with Crippen molar-refractivity contribution in [1.82, 2.24) is 5.32 Å². The van der Waals surface area contributed by atoms with Crippen molar-refractivity contribution >= 4 is 17.7 Å². The van der Waals surface area contributed by atoms with Crippen LogP contribution in [-0.4, -0.2) is 31.4 Å². The van der Waals surface area contributed by atoms with Gasteiger partial charge in [0.05, 0.1) is 13.0 Å². The topological polar surface area (TPSA) is 38.3 Å². The molecule has 0 radical (unpaired) electrons. The summed E-state index contributed by atoms with van der Waals surface area (Å²) in [7, 11) is 1.43. The standard InChI is InChI=1S/C14H21NO2S/c1-11(14(16)17-3)12(2)15-9-10-18-13-7-5-4-6-8-13/h4-8,11-12,15H,9-10H2,1-3H3. The zero-order valence-electron chi connectivity index (χ0n) is 11.2. The summed E-state index contributed by atoms with van der Waals surface area (Å²) in [4.78, 5) is 12.6. The molecular weight excluding hydrogens is 246 g/mol. The highest BCUT2D eigenvalue weighted by Crippen LogP contribution is 2.16. The average Bonchev–Trinajstić information content (AvgIpc) is 2.42. The molecule has 18 heavy (non-hydrogen) atoms. The monoisotopic (exact) mass is 267 g/mol. The van der Waals surface area contributed by atoms with Crippen LogP contribution in [0.4, 0.5) is 0 Å². The summed E-state index contributed by atoms with van der Waals surface area (Å²) in [6.07, 6.45) is 0. The van der Waals surface area contributed by atoms with Crippen LogP contribution in [0.5, 0.6) is 0 Å². The predicted octanol–water partition coefficient (Wildman–Crippen LogP) is 2.57. The van der Waals surface area contributed by atoms with Gasteiger partial charge in [0.1, 0.15) is 0 Å². The number of esters is 1. The maximum Gasteiger partial charge on any atom is 0.309 e. The van der Waals surface area contributed by atoms with Gasteiger partial charge in [-0.25, -0.2) is 0 Å². The van der Waals surface area contributed by atoms with E-state index < -0.39 is 0 Å². The van der Waals surface area contributed by atoms with E-state index in [4.69, 9.17) is 4.74 Å². The van der Waals surface area contributed by atoms with Crippen molar-refractivity contribution in [2.24, 2.45) is 5.92 Å². The van der Waals surface area contributed by atoms with Crippen molar-refractivity contribution in [2.45, 2.75) is 24.8 Å². The maximum atomic E-state index is 11.3. The fourth-order valence-electron chi connectivity index (χ4n) is 1.54. The second-order valence-corrected chi connectivity index (χ2v) is 5.38. The second-order valence-electron chi connectivity index (χ2n) is 4.22. The first-order valence-electron chi connectivity index (χ1n) is 6.14. The minimum Gasteiger partial charge on any atom is -0.469 e. The van der Waals surface area contributed by atoms with Crippen molar-refractivity contribution in [3.8, 4) is 0 Å². The van der Waals surface area contributed by atoms with Crippen LogP contribution in [0.2, 0.25) is 0 Å². The van der Waals surface area contributed by atoms with Gasteiger partial charge < -0.3 is 10.1 Å². The lowest BCUT2D eigenvalue weighted by Crippen LogP contribution is -2.37. The first kappa shape index (κ1) is 15.1. The molecule has 1 aromatic rings. The zero-order valence-corrected chi connectivity index (χ0v) is 12.0. The van der Waals surface area contributed by atoms with E-state index in [1.165, 1.54) is 12.0 Å². The minimum absolute atomic E-state index is 0.114. The Morgan fingerprint density at radius 3 is 2.61 bits per heavy atom. The molecule has 0 saturated carbocycles. The molecule has 0 aliphatic carbocycles. The number of nitrogens with one attached hydrogen (secondary N) is 1. The SMILES string of the molecule is COC(=O)C(C)C(C)NCCSc1ccccc1. The largest absolute Gasteiger partial charge is 0.469 e. The Kier molecular flexibility index (Phi) is 6.83. The predicted molar refractivity (Wildman–Crippen MR) is 75.8 cm³/mol. The maximum absolute atomic E-state index is 11.3. The smallest absolute Gasteiger partial charge is 0.309 e. The number of carbonyl (C=O) groups is 1. The molecule has 1 N–H and O–H groups in total. The van der Waals surface area contributed by atoms with Gasteiger partial charge in [0.2, 0.25) is 0 Å². The molecule has 0 aliphatic heterocycles. The first-order valence-corrected chi connectivity index (χ1v) is 7.12. The van der Waals surface area contributed by atoms with E-state index in [1.54, 1.807) is 0 Å². The Labute approximate surface area is 113 Å². The van der Waals surface area contributed by atoms with Crippen LogP contribution >= 0.6 is 11.8 Å². The normalized spacial score (nSPS) is 13.9. The third kappa shape index (κ3) is 5.10. The molecule has 0 amide bonds. The Morgan fingerprint density at radius 2 is 2.00 bits per heavy atom. The van der Waals surface area contributed by atoms with Crippen LogP contribution in [0.3, 0.4) is 0 Å². The lowest BCUT2D eigenvalue weighted by Gasteiger charge is -2.19. The molecule has 0 aliphatic rings. The van der Waals surface area contributed by atoms with Crippen molar-refractivity contribution in [3.63, 3.8) is 0 Å². The Bertz CT molecular complexity index is 356. The highest BCUT2D eigenvalue weighted by molar-refractivity contribution is 7.99. The fourth-order valence-corrected chi connectivity index (χ4v) is 2.34. The first-order chi connectivity index (χ1) is 8.65. The van der Waals surface area contributed by atoms with Gasteiger partial charge in [-0.05, 0) is 19.1 Å². The number of thioether (sulfide) groups is 1. The molecule has 3 nitrogen and oxygen atoms in total. The molecule has 100 valence electrons. The van der Waals surface area contributed by atoms with E-state index in [0.29, 0.717) is 0 Å². The van der Waals surface area contributed by atoms with Crippen LogP contribution < -0.4 is 5.32 Å². The Balaban J connectivity index is 2.20. The Morgan fingerprint density at radius 1 is 1.33 bits per heavy atom. The molecule has 0 aromatic heterocycles. The summed E-state index contributed by atoms with van der Waals surface area (Å²) in [5.41, 5.74) is 0. The van der Waals surface area contributed by atoms with Gasteiger partial charge in [-0.1, -0.05) is 25.1 Å². The van der Waals surface area contributed by atoms with Gasteiger partial charge in [0, 0.05) is 23.2 Å². The molecular formula is C14H21NO2S. The number of hydrogen-bond donors (Lipinski definition) is 1. The van der Waals surface area contributed by atoms with E-state index in [0.717, 1.165) is 12.3 Å². The molecule has 0 fully saturated rings. The van der Waals surface area contributed by atoms with Gasteiger partial charge in [-0.2, -0.15) is 0 Å². The summed E-state index contributed by atoms with van der Waals surface area (Å²) < 4.78 is 4.72. The van der Waals surface area contributed by atoms with Crippen LogP contribution in [0.15, 0.2) is 35.2 Å². The van der Waals surface area contributed by atoms with Crippen molar-refractivity contribution in [3.05, 3.63) is 30.3 Å². The van der Waals surface area contributed by atoms with E-state index in [1.807, 2.05) is 43.8 Å². The number of carbonyl (C=O) groups excluding carboxylic acids is 1. The number of ether oxygens (including phenoxy) is 1. The van der Waals surface area contributed by atoms with Crippen LogP contribution in [0, 0.1) is 5.92 Å². The van der Waals surface area contributed by atoms with E-state index >= 15 is 0 Å². The van der Waals surface area contributed by atoms with E-state index in [9.17, 15) is 4.79 Å². The highest BCUT2D eigenvalue weighted by atomic mass is 32.2.